The van der Waals surface area contributed by atoms with Crippen LogP contribution in [0.1, 0.15) is 30.9 Å². The second kappa shape index (κ2) is 6.18. The van der Waals surface area contributed by atoms with Crippen LogP contribution in [0.4, 0.5) is 5.95 Å². The lowest BCUT2D eigenvalue weighted by Gasteiger charge is -2.08. The minimum absolute atomic E-state index is 0.562. The highest BCUT2D eigenvalue weighted by Crippen LogP contribution is 2.15. The fourth-order valence-electron chi connectivity index (χ4n) is 1.71. The number of rotatable bonds is 5. The molecule has 0 amide bonds. The fourth-order valence-corrected chi connectivity index (χ4v) is 1.71. The first-order chi connectivity index (χ1) is 9.19. The van der Waals surface area contributed by atoms with Crippen molar-refractivity contribution in [1.82, 2.24) is 9.97 Å². The van der Waals surface area contributed by atoms with Crippen LogP contribution in [0.2, 0.25) is 0 Å². The van der Waals surface area contributed by atoms with Crippen LogP contribution in [0, 0.1) is 0 Å². The van der Waals surface area contributed by atoms with Gasteiger partial charge in [0.05, 0.1) is 19.5 Å². The summed E-state index contributed by atoms with van der Waals surface area (Å²) in [4.78, 5) is 8.33. The summed E-state index contributed by atoms with van der Waals surface area (Å²) in [5.41, 5.74) is 2.56. The minimum atomic E-state index is 0.562. The predicted octanol–water partition coefficient (Wildman–Crippen LogP) is 3.22. The summed E-state index contributed by atoms with van der Waals surface area (Å²) < 4.78 is 5.01. The highest BCUT2D eigenvalue weighted by molar-refractivity contribution is 5.31. The Labute approximate surface area is 113 Å². The van der Waals surface area contributed by atoms with Crippen molar-refractivity contribution in [2.24, 2.45) is 0 Å². The standard InChI is InChI=1S/C15H19N3O/c1-11(2)13-6-4-12(5-7-13)8-16-15-17-9-14(19-3)10-18-15/h4-7,9-11H,8H2,1-3H3,(H,16,17,18). The monoisotopic (exact) mass is 257 g/mol. The molecule has 4 heteroatoms. The number of hydrogen-bond acceptors (Lipinski definition) is 4. The van der Waals surface area contributed by atoms with Gasteiger partial charge in [0.25, 0.3) is 0 Å². The van der Waals surface area contributed by atoms with Crippen molar-refractivity contribution in [3.63, 3.8) is 0 Å². The Hall–Kier alpha value is -2.10. The number of ether oxygens (including phenoxy) is 1. The number of aromatic nitrogens is 2. The molecule has 19 heavy (non-hydrogen) atoms. The first-order valence-electron chi connectivity index (χ1n) is 6.38. The van der Waals surface area contributed by atoms with Gasteiger partial charge in [0.2, 0.25) is 5.95 Å². The smallest absolute Gasteiger partial charge is 0.223 e. The van der Waals surface area contributed by atoms with Crippen LogP contribution in [0.5, 0.6) is 5.75 Å². The molecule has 0 bridgehead atoms. The van der Waals surface area contributed by atoms with Crippen molar-refractivity contribution in [1.29, 1.82) is 0 Å². The van der Waals surface area contributed by atoms with Crippen molar-refractivity contribution in [2.45, 2.75) is 26.3 Å². The molecule has 0 spiro atoms. The van der Waals surface area contributed by atoms with Gasteiger partial charge < -0.3 is 10.1 Å². The highest BCUT2D eigenvalue weighted by atomic mass is 16.5. The lowest BCUT2D eigenvalue weighted by Crippen LogP contribution is -2.03. The highest BCUT2D eigenvalue weighted by Gasteiger charge is 2.00. The van der Waals surface area contributed by atoms with E-state index < -0.39 is 0 Å². The SMILES string of the molecule is COc1cnc(NCc2ccc(C(C)C)cc2)nc1. The van der Waals surface area contributed by atoms with E-state index >= 15 is 0 Å². The number of benzene rings is 1. The van der Waals surface area contributed by atoms with E-state index in [9.17, 15) is 0 Å². The van der Waals surface area contributed by atoms with E-state index in [1.54, 1.807) is 19.5 Å². The van der Waals surface area contributed by atoms with E-state index in [2.05, 4.69) is 53.4 Å². The Morgan fingerprint density at radius 2 is 1.74 bits per heavy atom. The molecule has 100 valence electrons. The van der Waals surface area contributed by atoms with Crippen molar-refractivity contribution < 1.29 is 4.74 Å². The molecule has 0 radical (unpaired) electrons. The third-order valence-corrected chi connectivity index (χ3v) is 2.96. The molecule has 1 aromatic heterocycles. The molecule has 0 aliphatic heterocycles. The van der Waals surface area contributed by atoms with E-state index in [0.29, 0.717) is 24.2 Å². The second-order valence-electron chi connectivity index (χ2n) is 4.70. The molecule has 1 aromatic carbocycles. The maximum Gasteiger partial charge on any atom is 0.223 e. The van der Waals surface area contributed by atoms with Crippen molar-refractivity contribution >= 4 is 5.95 Å². The molecule has 0 aliphatic carbocycles. The Kier molecular flexibility index (Phi) is 4.34. The van der Waals surface area contributed by atoms with E-state index in [-0.39, 0.29) is 0 Å². The molecule has 0 aliphatic rings. The van der Waals surface area contributed by atoms with Crippen LogP contribution >= 0.6 is 0 Å². The average Bonchev–Trinajstić information content (AvgIpc) is 2.46. The number of hydrogen-bond donors (Lipinski definition) is 1. The van der Waals surface area contributed by atoms with Crippen molar-refractivity contribution in [2.75, 3.05) is 12.4 Å². The predicted molar refractivity (Wildman–Crippen MR) is 76.4 cm³/mol. The maximum absolute atomic E-state index is 5.01. The topological polar surface area (TPSA) is 47.0 Å². The number of anilines is 1. The van der Waals surface area contributed by atoms with Gasteiger partial charge in [-0.25, -0.2) is 9.97 Å². The van der Waals surface area contributed by atoms with Crippen molar-refractivity contribution in [3.05, 3.63) is 47.8 Å². The minimum Gasteiger partial charge on any atom is -0.494 e. The zero-order chi connectivity index (χ0) is 13.7. The molecule has 0 unspecified atom stereocenters. The van der Waals surface area contributed by atoms with E-state index in [1.165, 1.54) is 11.1 Å². The zero-order valence-corrected chi connectivity index (χ0v) is 11.6. The molecule has 0 saturated carbocycles. The van der Waals surface area contributed by atoms with E-state index in [0.717, 1.165) is 0 Å². The summed E-state index contributed by atoms with van der Waals surface area (Å²) >= 11 is 0. The fraction of sp³-hybridized carbons (Fsp3) is 0.333. The maximum atomic E-state index is 5.01. The van der Waals surface area contributed by atoms with Gasteiger partial charge in [-0.15, -0.1) is 0 Å². The molecule has 0 fully saturated rings. The lowest BCUT2D eigenvalue weighted by atomic mass is 10.0. The molecule has 2 aromatic rings. The first-order valence-corrected chi connectivity index (χ1v) is 6.38. The van der Waals surface area contributed by atoms with Gasteiger partial charge in [-0.2, -0.15) is 0 Å². The molecule has 4 nitrogen and oxygen atoms in total. The quantitative estimate of drug-likeness (QED) is 0.893. The van der Waals surface area contributed by atoms with Crippen LogP contribution in [-0.4, -0.2) is 17.1 Å². The summed E-state index contributed by atoms with van der Waals surface area (Å²) in [6.45, 7) is 5.10. The second-order valence-corrected chi connectivity index (χ2v) is 4.70. The van der Waals surface area contributed by atoms with Gasteiger partial charge in [0, 0.05) is 6.54 Å². The van der Waals surface area contributed by atoms with Crippen LogP contribution in [0.15, 0.2) is 36.7 Å². The molecule has 1 N–H and O–H groups in total. The van der Waals surface area contributed by atoms with Gasteiger partial charge in [0.1, 0.15) is 0 Å². The van der Waals surface area contributed by atoms with Crippen LogP contribution in [-0.2, 0) is 6.54 Å². The van der Waals surface area contributed by atoms with Crippen LogP contribution in [0.3, 0.4) is 0 Å². The molecule has 2 rings (SSSR count). The Bertz CT molecular complexity index is 506. The third kappa shape index (κ3) is 3.68. The van der Waals surface area contributed by atoms with E-state index in [1.807, 2.05) is 0 Å². The van der Waals surface area contributed by atoms with Gasteiger partial charge in [0.15, 0.2) is 5.75 Å². The Morgan fingerprint density at radius 3 is 2.26 bits per heavy atom. The Balaban J connectivity index is 1.94. The largest absolute Gasteiger partial charge is 0.494 e. The summed E-state index contributed by atoms with van der Waals surface area (Å²) in [7, 11) is 1.60. The zero-order valence-electron chi connectivity index (χ0n) is 11.6. The summed E-state index contributed by atoms with van der Waals surface area (Å²) in [6, 6.07) is 8.59. The number of methoxy groups -OCH3 is 1. The lowest BCUT2D eigenvalue weighted by molar-refractivity contribution is 0.411. The molecule has 0 saturated heterocycles. The molecular weight excluding hydrogens is 238 g/mol. The summed E-state index contributed by atoms with van der Waals surface area (Å²) in [5, 5.41) is 3.18. The van der Waals surface area contributed by atoms with Crippen LogP contribution < -0.4 is 10.1 Å². The molecule has 1 heterocycles. The van der Waals surface area contributed by atoms with Gasteiger partial charge in [-0.1, -0.05) is 38.1 Å². The summed E-state index contributed by atoms with van der Waals surface area (Å²) in [5.74, 6) is 1.83. The Morgan fingerprint density at radius 1 is 1.11 bits per heavy atom. The van der Waals surface area contributed by atoms with Gasteiger partial charge in [-0.3, -0.25) is 0 Å². The van der Waals surface area contributed by atoms with E-state index in [4.69, 9.17) is 4.74 Å². The number of nitrogens with zero attached hydrogens (tertiary/aromatic N) is 2. The number of nitrogens with one attached hydrogen (secondary N) is 1. The molecule has 0 atom stereocenters. The third-order valence-electron chi connectivity index (χ3n) is 2.96. The summed E-state index contributed by atoms with van der Waals surface area (Å²) in [6.07, 6.45) is 3.30. The molecular formula is C15H19N3O. The van der Waals surface area contributed by atoms with Gasteiger partial charge in [-0.05, 0) is 17.0 Å². The normalized spacial score (nSPS) is 10.5. The van der Waals surface area contributed by atoms with Crippen LogP contribution in [0.25, 0.3) is 0 Å². The van der Waals surface area contributed by atoms with Crippen molar-refractivity contribution in [3.8, 4) is 5.75 Å². The average molecular weight is 257 g/mol. The van der Waals surface area contributed by atoms with Gasteiger partial charge >= 0.3 is 0 Å². The first kappa shape index (κ1) is 13.3.